The van der Waals surface area contributed by atoms with Gasteiger partial charge in [0.1, 0.15) is 5.78 Å². The maximum atomic E-state index is 11.4. The van der Waals surface area contributed by atoms with Gasteiger partial charge in [0.2, 0.25) is 5.78 Å². The number of hydrogen-bond donors (Lipinski definition) is 0. The average Bonchev–Trinajstić information content (AvgIpc) is 2.86. The number of carbonyl (C=O) groups is 3. The number of azide groups is 1. The van der Waals surface area contributed by atoms with E-state index >= 15 is 0 Å². The molecule has 0 amide bonds. The fourth-order valence-corrected chi connectivity index (χ4v) is 1.49. The van der Waals surface area contributed by atoms with Gasteiger partial charge in [-0.3, -0.25) is 9.59 Å². The standard InChI is InChI=1S/C10H14N4O4/c11-13-12-7-8(15)3-4-9(16)10(17)18-14-5-1-2-6-14/h1-7H2. The summed E-state index contributed by atoms with van der Waals surface area (Å²) in [7, 11) is 0. The van der Waals surface area contributed by atoms with E-state index in [2.05, 4.69) is 10.0 Å². The summed E-state index contributed by atoms with van der Waals surface area (Å²) in [5.74, 6) is -2.06. The Bertz CT molecular complexity index is 383. The Morgan fingerprint density at radius 1 is 1.22 bits per heavy atom. The quantitative estimate of drug-likeness (QED) is 0.288. The van der Waals surface area contributed by atoms with Gasteiger partial charge in [0.05, 0.1) is 6.54 Å². The van der Waals surface area contributed by atoms with E-state index in [4.69, 9.17) is 10.4 Å². The van der Waals surface area contributed by atoms with Crippen LogP contribution in [-0.4, -0.2) is 42.2 Å². The van der Waals surface area contributed by atoms with Gasteiger partial charge >= 0.3 is 5.97 Å². The Hall–Kier alpha value is -1.92. The predicted molar refractivity (Wildman–Crippen MR) is 60.2 cm³/mol. The topological polar surface area (TPSA) is 112 Å². The van der Waals surface area contributed by atoms with Crippen molar-refractivity contribution in [2.45, 2.75) is 25.7 Å². The molecule has 0 radical (unpaired) electrons. The van der Waals surface area contributed by atoms with Crippen molar-refractivity contribution in [3.05, 3.63) is 10.4 Å². The SMILES string of the molecule is [N-]=[N+]=NCC(=O)CCC(=O)C(=O)ON1CCCC1. The van der Waals surface area contributed by atoms with E-state index in [1.54, 1.807) is 0 Å². The lowest BCUT2D eigenvalue weighted by molar-refractivity contribution is -0.187. The Kier molecular flexibility index (Phi) is 5.83. The number of hydrogen-bond acceptors (Lipinski definition) is 6. The van der Waals surface area contributed by atoms with Gasteiger partial charge in [0, 0.05) is 30.8 Å². The molecule has 1 rings (SSSR count). The number of rotatable bonds is 7. The van der Waals surface area contributed by atoms with Crippen LogP contribution in [0.1, 0.15) is 25.7 Å². The van der Waals surface area contributed by atoms with Crippen molar-refractivity contribution in [2.24, 2.45) is 5.11 Å². The van der Waals surface area contributed by atoms with Gasteiger partial charge in [-0.25, -0.2) is 4.79 Å². The Labute approximate surface area is 103 Å². The molecule has 1 aliphatic rings. The molecule has 1 fully saturated rings. The lowest BCUT2D eigenvalue weighted by Crippen LogP contribution is -2.29. The molecular weight excluding hydrogens is 240 g/mol. The molecule has 1 saturated heterocycles. The van der Waals surface area contributed by atoms with Crippen LogP contribution in [0, 0.1) is 0 Å². The summed E-state index contributed by atoms with van der Waals surface area (Å²) in [6.07, 6.45) is 1.54. The summed E-state index contributed by atoms with van der Waals surface area (Å²) in [6, 6.07) is 0. The highest BCUT2D eigenvalue weighted by Crippen LogP contribution is 2.08. The highest BCUT2D eigenvalue weighted by atomic mass is 16.7. The first kappa shape index (κ1) is 14.1. The predicted octanol–water partition coefficient (Wildman–Crippen LogP) is 0.769. The van der Waals surface area contributed by atoms with Gasteiger partial charge in [-0.1, -0.05) is 5.11 Å². The van der Waals surface area contributed by atoms with Crippen LogP contribution in [0.25, 0.3) is 10.4 Å². The van der Waals surface area contributed by atoms with Crippen molar-refractivity contribution in [1.29, 1.82) is 0 Å². The molecule has 0 unspecified atom stereocenters. The minimum Gasteiger partial charge on any atom is -0.362 e. The first-order valence-corrected chi connectivity index (χ1v) is 5.66. The largest absolute Gasteiger partial charge is 0.393 e. The number of Topliss-reactive ketones (excluding diaryl/α,β-unsaturated/α-hetero) is 2. The second-order valence-corrected chi connectivity index (χ2v) is 3.87. The Morgan fingerprint density at radius 2 is 1.89 bits per heavy atom. The van der Waals surface area contributed by atoms with E-state index in [1.165, 1.54) is 5.06 Å². The van der Waals surface area contributed by atoms with E-state index in [1.807, 2.05) is 0 Å². The van der Waals surface area contributed by atoms with E-state index < -0.39 is 11.8 Å². The van der Waals surface area contributed by atoms with Crippen LogP contribution < -0.4 is 0 Å². The third-order valence-corrected chi connectivity index (χ3v) is 2.45. The molecule has 0 aromatic heterocycles. The normalized spacial score (nSPS) is 14.9. The maximum Gasteiger partial charge on any atom is 0.393 e. The van der Waals surface area contributed by atoms with Crippen molar-refractivity contribution in [3.8, 4) is 0 Å². The highest BCUT2D eigenvalue weighted by Gasteiger charge is 2.22. The monoisotopic (exact) mass is 254 g/mol. The second-order valence-electron chi connectivity index (χ2n) is 3.87. The van der Waals surface area contributed by atoms with Gasteiger partial charge in [-0.2, -0.15) is 0 Å². The van der Waals surface area contributed by atoms with Crippen LogP contribution in [-0.2, 0) is 19.2 Å². The van der Waals surface area contributed by atoms with Crippen LogP contribution in [0.5, 0.6) is 0 Å². The molecule has 0 aliphatic carbocycles. The molecule has 0 N–H and O–H groups in total. The maximum absolute atomic E-state index is 11.4. The molecule has 0 bridgehead atoms. The lowest BCUT2D eigenvalue weighted by Gasteiger charge is -2.12. The summed E-state index contributed by atoms with van der Waals surface area (Å²) < 4.78 is 0. The molecule has 8 nitrogen and oxygen atoms in total. The minimum absolute atomic E-state index is 0.118. The summed E-state index contributed by atoms with van der Waals surface area (Å²) in [5.41, 5.74) is 8.00. The van der Waals surface area contributed by atoms with E-state index in [-0.39, 0.29) is 25.2 Å². The second kappa shape index (κ2) is 7.41. The van der Waals surface area contributed by atoms with Gasteiger partial charge in [0.25, 0.3) is 0 Å². The zero-order valence-electron chi connectivity index (χ0n) is 9.87. The number of hydroxylamine groups is 2. The van der Waals surface area contributed by atoms with Crippen LogP contribution in [0.2, 0.25) is 0 Å². The molecule has 1 heterocycles. The van der Waals surface area contributed by atoms with Gasteiger partial charge in [0.15, 0.2) is 0 Å². The van der Waals surface area contributed by atoms with E-state index in [0.717, 1.165) is 12.8 Å². The highest BCUT2D eigenvalue weighted by molar-refractivity contribution is 6.33. The van der Waals surface area contributed by atoms with Crippen LogP contribution in [0.15, 0.2) is 5.11 Å². The minimum atomic E-state index is -0.937. The van der Waals surface area contributed by atoms with Crippen LogP contribution in [0.4, 0.5) is 0 Å². The zero-order chi connectivity index (χ0) is 13.4. The Morgan fingerprint density at radius 3 is 2.50 bits per heavy atom. The third kappa shape index (κ3) is 4.94. The molecule has 0 spiro atoms. The van der Waals surface area contributed by atoms with E-state index in [0.29, 0.717) is 13.1 Å². The summed E-state index contributed by atoms with van der Waals surface area (Å²) in [4.78, 5) is 41.0. The van der Waals surface area contributed by atoms with E-state index in [9.17, 15) is 14.4 Å². The van der Waals surface area contributed by atoms with Crippen LogP contribution in [0.3, 0.4) is 0 Å². The van der Waals surface area contributed by atoms with Crippen molar-refractivity contribution in [2.75, 3.05) is 19.6 Å². The fourth-order valence-electron chi connectivity index (χ4n) is 1.49. The number of ketones is 2. The molecule has 1 aliphatic heterocycles. The van der Waals surface area contributed by atoms with Crippen molar-refractivity contribution < 1.29 is 19.2 Å². The summed E-state index contributed by atoms with van der Waals surface area (Å²) in [6.45, 7) is 0.967. The molecule has 8 heteroatoms. The number of carbonyl (C=O) groups excluding carboxylic acids is 3. The van der Waals surface area contributed by atoms with Gasteiger partial charge in [-0.15, -0.1) is 5.06 Å². The summed E-state index contributed by atoms with van der Waals surface area (Å²) >= 11 is 0. The Balaban J connectivity index is 2.24. The molecular formula is C10H14N4O4. The molecule has 0 aromatic rings. The van der Waals surface area contributed by atoms with Crippen LogP contribution >= 0.6 is 0 Å². The molecule has 98 valence electrons. The molecule has 0 saturated carbocycles. The fraction of sp³-hybridized carbons (Fsp3) is 0.700. The van der Waals surface area contributed by atoms with Crippen molar-refractivity contribution in [1.82, 2.24) is 5.06 Å². The first-order chi connectivity index (χ1) is 8.63. The molecule has 0 aromatic carbocycles. The van der Waals surface area contributed by atoms with Crippen molar-refractivity contribution >= 4 is 17.5 Å². The lowest BCUT2D eigenvalue weighted by atomic mass is 10.1. The van der Waals surface area contributed by atoms with Crippen molar-refractivity contribution in [3.63, 3.8) is 0 Å². The van der Waals surface area contributed by atoms with Gasteiger partial charge in [-0.05, 0) is 18.4 Å². The average molecular weight is 254 g/mol. The third-order valence-electron chi connectivity index (χ3n) is 2.45. The summed E-state index contributed by atoms with van der Waals surface area (Å²) in [5, 5.41) is 4.52. The molecule has 0 atom stereocenters. The number of nitrogens with zero attached hydrogens (tertiary/aromatic N) is 4. The zero-order valence-corrected chi connectivity index (χ0v) is 9.87. The smallest absolute Gasteiger partial charge is 0.362 e. The first-order valence-electron chi connectivity index (χ1n) is 5.66. The van der Waals surface area contributed by atoms with Gasteiger partial charge < -0.3 is 4.84 Å². The molecule has 18 heavy (non-hydrogen) atoms.